The standard InChI is InChI=1S/C21H27NO2S/c1-15-9-16(2)11-19(10-15)24-13-17-12-20(25-14-17)21(23)22-18-7-5-3-4-6-8-18/h9-12,14,18H,3-8,13H2,1-2H3,(H,22,23). The van der Waals surface area contributed by atoms with Gasteiger partial charge < -0.3 is 10.1 Å². The van der Waals surface area contributed by atoms with E-state index in [9.17, 15) is 4.79 Å². The van der Waals surface area contributed by atoms with Crippen molar-refractivity contribution in [3.8, 4) is 5.75 Å². The van der Waals surface area contributed by atoms with Gasteiger partial charge in [0.05, 0.1) is 4.88 Å². The van der Waals surface area contributed by atoms with Gasteiger partial charge in [0.2, 0.25) is 0 Å². The summed E-state index contributed by atoms with van der Waals surface area (Å²) in [7, 11) is 0. The van der Waals surface area contributed by atoms with Gasteiger partial charge in [-0.05, 0) is 61.4 Å². The van der Waals surface area contributed by atoms with Gasteiger partial charge in [0.1, 0.15) is 12.4 Å². The maximum atomic E-state index is 12.5. The first-order chi connectivity index (χ1) is 12.1. The lowest BCUT2D eigenvalue weighted by atomic mass is 10.1. The highest BCUT2D eigenvalue weighted by Gasteiger charge is 2.17. The minimum Gasteiger partial charge on any atom is -0.489 e. The van der Waals surface area contributed by atoms with E-state index in [0.717, 1.165) is 29.0 Å². The average molecular weight is 358 g/mol. The lowest BCUT2D eigenvalue weighted by molar-refractivity contribution is 0.0937. The van der Waals surface area contributed by atoms with Crippen molar-refractivity contribution in [3.63, 3.8) is 0 Å². The summed E-state index contributed by atoms with van der Waals surface area (Å²) in [5, 5.41) is 5.23. The van der Waals surface area contributed by atoms with E-state index in [4.69, 9.17) is 4.74 Å². The van der Waals surface area contributed by atoms with E-state index in [1.54, 1.807) is 0 Å². The zero-order chi connectivity index (χ0) is 17.6. The van der Waals surface area contributed by atoms with Crippen LogP contribution in [0.5, 0.6) is 5.75 Å². The third-order valence-corrected chi connectivity index (χ3v) is 5.65. The Balaban J connectivity index is 1.55. The van der Waals surface area contributed by atoms with Crippen LogP contribution in [0.2, 0.25) is 0 Å². The SMILES string of the molecule is Cc1cc(C)cc(OCc2csc(C(=O)NC3CCCCCC3)c2)c1. The summed E-state index contributed by atoms with van der Waals surface area (Å²) in [6, 6.07) is 8.51. The molecule has 0 radical (unpaired) electrons. The number of thiophene rings is 1. The van der Waals surface area contributed by atoms with Gasteiger partial charge >= 0.3 is 0 Å². The molecular weight excluding hydrogens is 330 g/mol. The summed E-state index contributed by atoms with van der Waals surface area (Å²) in [6.45, 7) is 4.64. The number of amides is 1. The highest BCUT2D eigenvalue weighted by Crippen LogP contribution is 2.22. The third kappa shape index (κ3) is 5.33. The summed E-state index contributed by atoms with van der Waals surface area (Å²) >= 11 is 1.50. The first kappa shape index (κ1) is 18.0. The van der Waals surface area contributed by atoms with Crippen molar-refractivity contribution >= 4 is 17.2 Å². The molecule has 25 heavy (non-hydrogen) atoms. The predicted molar refractivity (Wildman–Crippen MR) is 104 cm³/mol. The largest absolute Gasteiger partial charge is 0.489 e. The number of ether oxygens (including phenoxy) is 1. The van der Waals surface area contributed by atoms with Crippen molar-refractivity contribution < 1.29 is 9.53 Å². The highest BCUT2D eigenvalue weighted by atomic mass is 32.1. The highest BCUT2D eigenvalue weighted by molar-refractivity contribution is 7.12. The normalized spacial score (nSPS) is 15.6. The molecule has 4 heteroatoms. The second-order valence-corrected chi connectivity index (χ2v) is 8.00. The zero-order valence-corrected chi connectivity index (χ0v) is 16.0. The Kier molecular flexibility index (Phi) is 6.14. The Morgan fingerprint density at radius 3 is 2.44 bits per heavy atom. The van der Waals surface area contributed by atoms with E-state index in [0.29, 0.717) is 12.6 Å². The number of rotatable bonds is 5. The summed E-state index contributed by atoms with van der Waals surface area (Å²) < 4.78 is 5.89. The molecule has 0 unspecified atom stereocenters. The third-order valence-electron chi connectivity index (χ3n) is 4.67. The molecule has 3 rings (SSSR count). The van der Waals surface area contributed by atoms with Crippen LogP contribution in [0.1, 0.15) is 64.9 Å². The number of nitrogens with one attached hydrogen (secondary N) is 1. The van der Waals surface area contributed by atoms with E-state index in [1.165, 1.54) is 48.1 Å². The monoisotopic (exact) mass is 357 g/mol. The minimum atomic E-state index is 0.0644. The Hall–Kier alpha value is -1.81. The van der Waals surface area contributed by atoms with E-state index in [1.807, 2.05) is 23.6 Å². The maximum absolute atomic E-state index is 12.5. The lowest BCUT2D eigenvalue weighted by Gasteiger charge is -2.15. The molecule has 2 aromatic rings. The Bertz CT molecular complexity index is 694. The summed E-state index contributed by atoms with van der Waals surface area (Å²) in [5.74, 6) is 0.947. The molecule has 1 aliphatic rings. The number of aryl methyl sites for hydroxylation is 2. The zero-order valence-electron chi connectivity index (χ0n) is 15.1. The molecule has 1 aromatic heterocycles. The van der Waals surface area contributed by atoms with Crippen LogP contribution in [-0.4, -0.2) is 11.9 Å². The quantitative estimate of drug-likeness (QED) is 0.728. The van der Waals surface area contributed by atoms with E-state index >= 15 is 0 Å². The number of hydrogen-bond acceptors (Lipinski definition) is 3. The van der Waals surface area contributed by atoms with Gasteiger partial charge in [-0.1, -0.05) is 31.7 Å². The molecule has 0 saturated heterocycles. The molecule has 1 N–H and O–H groups in total. The van der Waals surface area contributed by atoms with E-state index in [-0.39, 0.29) is 5.91 Å². The van der Waals surface area contributed by atoms with Crippen LogP contribution in [0.15, 0.2) is 29.6 Å². The number of carbonyl (C=O) groups is 1. The fraction of sp³-hybridized carbons (Fsp3) is 0.476. The van der Waals surface area contributed by atoms with Crippen molar-refractivity contribution in [3.05, 3.63) is 51.2 Å². The maximum Gasteiger partial charge on any atom is 0.261 e. The summed E-state index contributed by atoms with van der Waals surface area (Å²) in [6.07, 6.45) is 7.27. The molecule has 3 nitrogen and oxygen atoms in total. The molecule has 134 valence electrons. The molecule has 0 bridgehead atoms. The van der Waals surface area contributed by atoms with Gasteiger partial charge in [-0.3, -0.25) is 4.79 Å². The Labute approximate surface area is 154 Å². The van der Waals surface area contributed by atoms with Crippen molar-refractivity contribution in [2.75, 3.05) is 0 Å². The molecule has 1 aromatic carbocycles. The van der Waals surface area contributed by atoms with E-state index in [2.05, 4.69) is 25.2 Å². The van der Waals surface area contributed by atoms with Crippen molar-refractivity contribution in [2.24, 2.45) is 0 Å². The first-order valence-corrected chi connectivity index (χ1v) is 10.1. The lowest BCUT2D eigenvalue weighted by Crippen LogP contribution is -2.33. The Morgan fingerprint density at radius 1 is 1.08 bits per heavy atom. The predicted octanol–water partition coefficient (Wildman–Crippen LogP) is 5.40. The molecule has 1 aliphatic carbocycles. The van der Waals surface area contributed by atoms with Gasteiger partial charge in [-0.2, -0.15) is 0 Å². The van der Waals surface area contributed by atoms with Crippen molar-refractivity contribution in [1.82, 2.24) is 5.32 Å². The smallest absolute Gasteiger partial charge is 0.261 e. The average Bonchev–Trinajstić information content (AvgIpc) is 2.90. The van der Waals surface area contributed by atoms with Crippen molar-refractivity contribution in [1.29, 1.82) is 0 Å². The van der Waals surface area contributed by atoms with Gasteiger partial charge in [0, 0.05) is 11.6 Å². The van der Waals surface area contributed by atoms with Gasteiger partial charge in [0.25, 0.3) is 5.91 Å². The van der Waals surface area contributed by atoms with E-state index < -0.39 is 0 Å². The summed E-state index contributed by atoms with van der Waals surface area (Å²) in [5.41, 5.74) is 3.45. The fourth-order valence-electron chi connectivity index (χ4n) is 3.43. The Morgan fingerprint density at radius 2 is 1.76 bits per heavy atom. The van der Waals surface area contributed by atoms with Crippen LogP contribution in [0.4, 0.5) is 0 Å². The van der Waals surface area contributed by atoms with Crippen LogP contribution in [-0.2, 0) is 6.61 Å². The first-order valence-electron chi connectivity index (χ1n) is 9.19. The van der Waals surface area contributed by atoms with Crippen molar-refractivity contribution in [2.45, 2.75) is 65.0 Å². The topological polar surface area (TPSA) is 38.3 Å². The second-order valence-electron chi connectivity index (χ2n) is 7.09. The molecule has 1 saturated carbocycles. The minimum absolute atomic E-state index is 0.0644. The van der Waals surface area contributed by atoms with Gasteiger partial charge in [-0.15, -0.1) is 11.3 Å². The summed E-state index contributed by atoms with van der Waals surface area (Å²) in [4.78, 5) is 13.2. The fourth-order valence-corrected chi connectivity index (χ4v) is 4.23. The number of hydrogen-bond donors (Lipinski definition) is 1. The second kappa shape index (κ2) is 8.52. The van der Waals surface area contributed by atoms with Crippen LogP contribution >= 0.6 is 11.3 Å². The molecule has 1 heterocycles. The van der Waals surface area contributed by atoms with Crippen LogP contribution < -0.4 is 10.1 Å². The van der Waals surface area contributed by atoms with Gasteiger partial charge in [0.15, 0.2) is 0 Å². The number of benzene rings is 1. The van der Waals surface area contributed by atoms with Gasteiger partial charge in [-0.25, -0.2) is 0 Å². The molecule has 0 aliphatic heterocycles. The molecule has 1 amide bonds. The number of carbonyl (C=O) groups excluding carboxylic acids is 1. The molecule has 0 spiro atoms. The molecule has 1 fully saturated rings. The molecular formula is C21H27NO2S. The van der Waals surface area contributed by atoms with Crippen LogP contribution in [0.3, 0.4) is 0 Å². The van der Waals surface area contributed by atoms with Crippen LogP contribution in [0, 0.1) is 13.8 Å². The van der Waals surface area contributed by atoms with Crippen LogP contribution in [0.25, 0.3) is 0 Å². The molecule has 0 atom stereocenters.